The van der Waals surface area contributed by atoms with E-state index >= 15 is 0 Å². The molecule has 1 aromatic rings. The van der Waals surface area contributed by atoms with Gasteiger partial charge in [-0.25, -0.2) is 0 Å². The van der Waals surface area contributed by atoms with Crippen LogP contribution in [0.15, 0.2) is 24.3 Å². The second-order valence-corrected chi connectivity index (χ2v) is 6.00. The summed E-state index contributed by atoms with van der Waals surface area (Å²) >= 11 is 5.32. The summed E-state index contributed by atoms with van der Waals surface area (Å²) in [6.07, 6.45) is 5.23. The van der Waals surface area contributed by atoms with Crippen molar-refractivity contribution in [3.63, 3.8) is 0 Å². The number of nitrogens with one attached hydrogen (secondary N) is 2. The van der Waals surface area contributed by atoms with Crippen LogP contribution in [0.25, 0.3) is 0 Å². The minimum absolute atomic E-state index is 0.683. The normalized spacial score (nSPS) is 15.3. The molecule has 0 aliphatic carbocycles. The molecule has 22 heavy (non-hydrogen) atoms. The molecule has 1 aliphatic rings. The van der Waals surface area contributed by atoms with E-state index in [4.69, 9.17) is 17.0 Å². The van der Waals surface area contributed by atoms with Crippen molar-refractivity contribution < 1.29 is 4.74 Å². The van der Waals surface area contributed by atoms with Crippen LogP contribution in [-0.4, -0.2) is 42.8 Å². The average molecular weight is 321 g/mol. The molecule has 1 aromatic carbocycles. The van der Waals surface area contributed by atoms with Crippen molar-refractivity contribution in [2.75, 3.05) is 38.1 Å². The van der Waals surface area contributed by atoms with Crippen molar-refractivity contribution in [3.05, 3.63) is 24.3 Å². The van der Waals surface area contributed by atoms with Crippen LogP contribution in [0, 0.1) is 0 Å². The summed E-state index contributed by atoms with van der Waals surface area (Å²) in [5.41, 5.74) is 0.983. The smallest absolute Gasteiger partial charge is 0.170 e. The highest BCUT2D eigenvalue weighted by molar-refractivity contribution is 7.80. The molecule has 0 saturated carbocycles. The van der Waals surface area contributed by atoms with E-state index in [-0.39, 0.29) is 0 Å². The molecule has 0 radical (unpaired) electrons. The van der Waals surface area contributed by atoms with Gasteiger partial charge >= 0.3 is 0 Å². The number of rotatable bonds is 7. The molecule has 1 fully saturated rings. The number of nitrogens with zero attached hydrogens (tertiary/aromatic N) is 1. The summed E-state index contributed by atoms with van der Waals surface area (Å²) in [6.45, 7) is 7.26. The highest BCUT2D eigenvalue weighted by Crippen LogP contribution is 2.15. The lowest BCUT2D eigenvalue weighted by molar-refractivity contribution is 0.227. The van der Waals surface area contributed by atoms with Crippen LogP contribution in [0.2, 0.25) is 0 Å². The molecule has 0 bridgehead atoms. The average Bonchev–Trinajstić information content (AvgIpc) is 2.55. The first-order valence-corrected chi connectivity index (χ1v) is 8.69. The van der Waals surface area contributed by atoms with Crippen LogP contribution in [-0.2, 0) is 0 Å². The monoisotopic (exact) mass is 321 g/mol. The molecule has 0 amide bonds. The van der Waals surface area contributed by atoms with Crippen LogP contribution in [0.4, 0.5) is 5.69 Å². The predicted molar refractivity (Wildman–Crippen MR) is 96.7 cm³/mol. The maximum absolute atomic E-state index is 5.42. The fourth-order valence-electron chi connectivity index (χ4n) is 2.66. The van der Waals surface area contributed by atoms with Gasteiger partial charge in [0.15, 0.2) is 5.11 Å². The molecule has 0 aromatic heterocycles. The number of benzene rings is 1. The van der Waals surface area contributed by atoms with Gasteiger partial charge in [-0.15, -0.1) is 0 Å². The van der Waals surface area contributed by atoms with Crippen molar-refractivity contribution in [2.24, 2.45) is 0 Å². The van der Waals surface area contributed by atoms with Gasteiger partial charge in [0, 0.05) is 12.2 Å². The van der Waals surface area contributed by atoms with Gasteiger partial charge in [-0.3, -0.25) is 0 Å². The van der Waals surface area contributed by atoms with Crippen LogP contribution in [0.1, 0.15) is 32.6 Å². The van der Waals surface area contributed by atoms with Crippen LogP contribution in [0.5, 0.6) is 5.75 Å². The SMILES string of the molecule is CCOc1ccc(NC(=S)NCCCN2CCCCC2)cc1. The molecule has 5 heteroatoms. The van der Waals surface area contributed by atoms with Gasteiger partial charge in [-0.2, -0.15) is 0 Å². The molecule has 1 heterocycles. The maximum Gasteiger partial charge on any atom is 0.170 e. The molecule has 4 nitrogen and oxygen atoms in total. The molecular weight excluding hydrogens is 294 g/mol. The molecule has 1 aliphatic heterocycles. The van der Waals surface area contributed by atoms with Crippen LogP contribution >= 0.6 is 12.2 Å². The highest BCUT2D eigenvalue weighted by Gasteiger charge is 2.08. The second kappa shape index (κ2) is 9.64. The Morgan fingerprint density at radius 1 is 1.18 bits per heavy atom. The Balaban J connectivity index is 1.60. The fourth-order valence-corrected chi connectivity index (χ4v) is 2.88. The van der Waals surface area contributed by atoms with Gasteiger partial charge in [0.1, 0.15) is 5.75 Å². The topological polar surface area (TPSA) is 36.5 Å². The second-order valence-electron chi connectivity index (χ2n) is 5.59. The minimum atomic E-state index is 0.683. The standard InChI is InChI=1S/C17H27N3OS/c1-2-21-16-9-7-15(8-10-16)19-17(22)18-11-6-14-20-12-4-3-5-13-20/h7-10H,2-6,11-14H2,1H3,(H2,18,19,22). The summed E-state index contributed by atoms with van der Waals surface area (Å²) < 4.78 is 5.42. The number of hydrogen-bond donors (Lipinski definition) is 2. The first-order chi connectivity index (χ1) is 10.8. The lowest BCUT2D eigenvalue weighted by Gasteiger charge is -2.26. The Morgan fingerprint density at radius 3 is 2.59 bits per heavy atom. The summed E-state index contributed by atoms with van der Waals surface area (Å²) in [4.78, 5) is 2.55. The van der Waals surface area contributed by atoms with E-state index < -0.39 is 0 Å². The van der Waals surface area contributed by atoms with Gasteiger partial charge in [0.2, 0.25) is 0 Å². The van der Waals surface area contributed by atoms with Crippen molar-refractivity contribution >= 4 is 23.0 Å². The first kappa shape index (κ1) is 17.0. The van der Waals surface area contributed by atoms with Gasteiger partial charge in [-0.05, 0) is 82.3 Å². The van der Waals surface area contributed by atoms with Gasteiger partial charge in [0.25, 0.3) is 0 Å². The van der Waals surface area contributed by atoms with Crippen LogP contribution in [0.3, 0.4) is 0 Å². The molecule has 1 saturated heterocycles. The largest absolute Gasteiger partial charge is 0.494 e. The maximum atomic E-state index is 5.42. The fraction of sp³-hybridized carbons (Fsp3) is 0.588. The number of hydrogen-bond acceptors (Lipinski definition) is 3. The third-order valence-corrected chi connectivity index (χ3v) is 4.05. The Morgan fingerprint density at radius 2 is 1.91 bits per heavy atom. The predicted octanol–water partition coefficient (Wildman–Crippen LogP) is 3.25. The third kappa shape index (κ3) is 6.20. The number of thiocarbonyl (C=S) groups is 1. The highest BCUT2D eigenvalue weighted by atomic mass is 32.1. The van der Waals surface area contributed by atoms with Gasteiger partial charge in [-0.1, -0.05) is 6.42 Å². The number of likely N-dealkylation sites (tertiary alicyclic amines) is 1. The molecule has 122 valence electrons. The summed E-state index contributed by atoms with van der Waals surface area (Å²) in [5.74, 6) is 0.883. The molecule has 0 atom stereocenters. The Hall–Kier alpha value is -1.33. The van der Waals surface area contributed by atoms with E-state index in [2.05, 4.69) is 15.5 Å². The number of ether oxygens (including phenoxy) is 1. The Bertz CT molecular complexity index is 444. The number of piperidine rings is 1. The number of anilines is 1. The summed E-state index contributed by atoms with van der Waals surface area (Å²) in [6, 6.07) is 7.86. The van der Waals surface area contributed by atoms with E-state index in [9.17, 15) is 0 Å². The van der Waals surface area contributed by atoms with Crippen LogP contribution < -0.4 is 15.4 Å². The van der Waals surface area contributed by atoms with E-state index in [1.165, 1.54) is 38.9 Å². The Labute approximate surface area is 139 Å². The minimum Gasteiger partial charge on any atom is -0.494 e. The zero-order valence-electron chi connectivity index (χ0n) is 13.4. The van der Waals surface area contributed by atoms with Crippen molar-refractivity contribution in [2.45, 2.75) is 32.6 Å². The zero-order valence-corrected chi connectivity index (χ0v) is 14.3. The quantitative estimate of drug-likeness (QED) is 0.595. The molecule has 0 spiro atoms. The van der Waals surface area contributed by atoms with Crippen molar-refractivity contribution in [1.29, 1.82) is 0 Å². The lowest BCUT2D eigenvalue weighted by atomic mass is 10.1. The molecule has 2 N–H and O–H groups in total. The summed E-state index contributed by atoms with van der Waals surface area (Å²) in [7, 11) is 0. The third-order valence-electron chi connectivity index (χ3n) is 3.81. The van der Waals surface area contributed by atoms with Crippen molar-refractivity contribution in [3.8, 4) is 5.75 Å². The summed E-state index contributed by atoms with van der Waals surface area (Å²) in [5, 5.41) is 7.16. The van der Waals surface area contributed by atoms with E-state index in [0.717, 1.165) is 24.4 Å². The van der Waals surface area contributed by atoms with Gasteiger partial charge < -0.3 is 20.3 Å². The van der Waals surface area contributed by atoms with E-state index in [1.54, 1.807) is 0 Å². The van der Waals surface area contributed by atoms with Crippen molar-refractivity contribution in [1.82, 2.24) is 10.2 Å². The van der Waals surface area contributed by atoms with E-state index in [1.807, 2.05) is 31.2 Å². The molecular formula is C17H27N3OS. The zero-order chi connectivity index (χ0) is 15.6. The lowest BCUT2D eigenvalue weighted by Crippen LogP contribution is -2.34. The van der Waals surface area contributed by atoms with E-state index in [0.29, 0.717) is 11.7 Å². The van der Waals surface area contributed by atoms with Gasteiger partial charge in [0.05, 0.1) is 6.61 Å². The first-order valence-electron chi connectivity index (χ1n) is 8.28. The molecule has 0 unspecified atom stereocenters. The Kier molecular flexibility index (Phi) is 7.46. The molecule has 2 rings (SSSR count).